The monoisotopic (exact) mass is 447 g/mol. The molecule has 0 aliphatic heterocycles. The number of nitrogens with zero attached hydrogens (tertiary/aromatic N) is 3. The number of rotatable bonds is 2. The SMILES string of the molecule is O=[N+]([O-])c1sccc1-n1cnc(I)c1I. The summed E-state index contributed by atoms with van der Waals surface area (Å²) in [5.74, 6) is 0. The molecule has 0 N–H and O–H groups in total. The third-order valence-corrected chi connectivity index (χ3v) is 5.42. The molecule has 2 aromatic heterocycles. The van der Waals surface area contributed by atoms with Crippen molar-refractivity contribution in [2.24, 2.45) is 0 Å². The Bertz CT molecular complexity index is 522. The first-order valence-electron chi connectivity index (χ1n) is 3.72. The highest BCUT2D eigenvalue weighted by molar-refractivity contribution is 14.1. The van der Waals surface area contributed by atoms with Crippen LogP contribution in [-0.2, 0) is 0 Å². The van der Waals surface area contributed by atoms with Gasteiger partial charge in [0.25, 0.3) is 0 Å². The highest BCUT2D eigenvalue weighted by atomic mass is 127. The lowest BCUT2D eigenvalue weighted by molar-refractivity contribution is -0.379. The van der Waals surface area contributed by atoms with Gasteiger partial charge < -0.3 is 0 Å². The molecule has 0 saturated heterocycles. The average Bonchev–Trinajstić information content (AvgIpc) is 2.75. The van der Waals surface area contributed by atoms with Gasteiger partial charge in [0.2, 0.25) is 0 Å². The van der Waals surface area contributed by atoms with Crippen molar-refractivity contribution in [3.8, 4) is 5.69 Å². The molecule has 0 saturated carbocycles. The quantitative estimate of drug-likeness (QED) is 0.404. The minimum atomic E-state index is -0.372. The van der Waals surface area contributed by atoms with Crippen molar-refractivity contribution < 1.29 is 4.92 Å². The zero-order chi connectivity index (χ0) is 11.0. The van der Waals surface area contributed by atoms with Crippen molar-refractivity contribution in [1.82, 2.24) is 9.55 Å². The lowest BCUT2D eigenvalue weighted by atomic mass is 10.5. The Labute approximate surface area is 116 Å². The van der Waals surface area contributed by atoms with Crippen LogP contribution in [0.5, 0.6) is 0 Å². The van der Waals surface area contributed by atoms with Crippen molar-refractivity contribution in [3.63, 3.8) is 0 Å². The number of hydrogen-bond donors (Lipinski definition) is 0. The maximum absolute atomic E-state index is 10.8. The Balaban J connectivity index is 2.59. The van der Waals surface area contributed by atoms with E-state index < -0.39 is 0 Å². The van der Waals surface area contributed by atoms with Crippen molar-refractivity contribution in [3.05, 3.63) is 35.3 Å². The molecule has 0 aliphatic rings. The summed E-state index contributed by atoms with van der Waals surface area (Å²) in [5, 5.41) is 12.6. The Morgan fingerprint density at radius 1 is 1.53 bits per heavy atom. The number of thiophene rings is 1. The second-order valence-electron chi connectivity index (χ2n) is 2.56. The van der Waals surface area contributed by atoms with Gasteiger partial charge >= 0.3 is 5.00 Å². The van der Waals surface area contributed by atoms with Gasteiger partial charge in [-0.25, -0.2) is 4.98 Å². The second kappa shape index (κ2) is 4.33. The minimum absolute atomic E-state index is 0.140. The molecule has 2 heterocycles. The molecule has 0 radical (unpaired) electrons. The highest BCUT2D eigenvalue weighted by Crippen LogP contribution is 2.31. The molecule has 0 unspecified atom stereocenters. The topological polar surface area (TPSA) is 61.0 Å². The zero-order valence-corrected chi connectivity index (χ0v) is 12.2. The Kier molecular flexibility index (Phi) is 3.25. The first-order chi connectivity index (χ1) is 7.11. The predicted octanol–water partition coefficient (Wildman–Crippen LogP) is 3.05. The van der Waals surface area contributed by atoms with Crippen LogP contribution in [0.1, 0.15) is 0 Å². The van der Waals surface area contributed by atoms with Crippen molar-refractivity contribution in [1.29, 1.82) is 0 Å². The fraction of sp³-hybridized carbons (Fsp3) is 0. The summed E-state index contributed by atoms with van der Waals surface area (Å²) in [6.07, 6.45) is 1.60. The molecule has 0 bridgehead atoms. The van der Waals surface area contributed by atoms with E-state index in [2.05, 4.69) is 50.2 Å². The largest absolute Gasteiger partial charge is 0.348 e. The van der Waals surface area contributed by atoms with Crippen LogP contribution < -0.4 is 0 Å². The third kappa shape index (κ3) is 2.01. The molecule has 0 aromatic carbocycles. The summed E-state index contributed by atoms with van der Waals surface area (Å²) in [6, 6.07) is 1.72. The van der Waals surface area contributed by atoms with E-state index in [9.17, 15) is 10.1 Å². The van der Waals surface area contributed by atoms with Crippen LogP contribution in [0, 0.1) is 17.5 Å². The van der Waals surface area contributed by atoms with E-state index in [0.29, 0.717) is 5.69 Å². The van der Waals surface area contributed by atoms with Crippen molar-refractivity contribution >= 4 is 61.5 Å². The molecule has 8 heteroatoms. The van der Waals surface area contributed by atoms with Crippen LogP contribution >= 0.6 is 56.5 Å². The molecule has 5 nitrogen and oxygen atoms in total. The van der Waals surface area contributed by atoms with Gasteiger partial charge in [-0.05, 0) is 56.6 Å². The second-order valence-corrected chi connectivity index (χ2v) is 5.50. The van der Waals surface area contributed by atoms with Crippen LogP contribution in [0.2, 0.25) is 0 Å². The van der Waals surface area contributed by atoms with Crippen LogP contribution in [0.15, 0.2) is 17.8 Å². The van der Waals surface area contributed by atoms with Gasteiger partial charge in [-0.3, -0.25) is 14.7 Å². The zero-order valence-electron chi connectivity index (χ0n) is 7.05. The lowest BCUT2D eigenvalue weighted by Gasteiger charge is -1.99. The summed E-state index contributed by atoms with van der Waals surface area (Å²) >= 11 is 5.33. The summed E-state index contributed by atoms with van der Waals surface area (Å²) in [6.45, 7) is 0. The number of hydrogen-bond acceptors (Lipinski definition) is 4. The van der Waals surface area contributed by atoms with Gasteiger partial charge in [0.15, 0.2) is 0 Å². The number of halogens is 2. The third-order valence-electron chi connectivity index (χ3n) is 1.72. The number of imidazole rings is 1. The average molecular weight is 447 g/mol. The predicted molar refractivity (Wildman–Crippen MR) is 73.5 cm³/mol. The molecule has 0 atom stereocenters. The number of nitro groups is 1. The molecule has 0 amide bonds. The number of aromatic nitrogens is 2. The van der Waals surface area contributed by atoms with Crippen LogP contribution in [-0.4, -0.2) is 14.5 Å². The Morgan fingerprint density at radius 2 is 2.27 bits per heavy atom. The Hall–Kier alpha value is -0.230. The lowest BCUT2D eigenvalue weighted by Crippen LogP contribution is -1.97. The van der Waals surface area contributed by atoms with E-state index >= 15 is 0 Å². The molecule has 2 rings (SSSR count). The van der Waals surface area contributed by atoms with Crippen molar-refractivity contribution in [2.45, 2.75) is 0 Å². The summed E-state index contributed by atoms with van der Waals surface area (Å²) in [5.41, 5.74) is 0.574. The van der Waals surface area contributed by atoms with E-state index in [-0.39, 0.29) is 9.92 Å². The van der Waals surface area contributed by atoms with E-state index in [1.807, 2.05) is 0 Å². The van der Waals surface area contributed by atoms with Gasteiger partial charge in [0.1, 0.15) is 19.4 Å². The van der Waals surface area contributed by atoms with Gasteiger partial charge in [-0.2, -0.15) is 0 Å². The molecule has 0 aliphatic carbocycles. The van der Waals surface area contributed by atoms with Gasteiger partial charge in [0.05, 0.1) is 4.92 Å². The van der Waals surface area contributed by atoms with E-state index in [1.165, 1.54) is 0 Å². The normalized spacial score (nSPS) is 10.5. The van der Waals surface area contributed by atoms with Crippen LogP contribution in [0.25, 0.3) is 5.69 Å². The highest BCUT2D eigenvalue weighted by Gasteiger charge is 2.19. The first-order valence-corrected chi connectivity index (χ1v) is 6.75. The minimum Gasteiger partial charge on any atom is -0.286 e. The van der Waals surface area contributed by atoms with E-state index in [0.717, 1.165) is 18.7 Å². The molecule has 0 spiro atoms. The molecule has 15 heavy (non-hydrogen) atoms. The first kappa shape index (κ1) is 11.3. The maximum Gasteiger partial charge on any atom is 0.348 e. The fourth-order valence-corrected chi connectivity index (χ4v) is 2.70. The van der Waals surface area contributed by atoms with Crippen molar-refractivity contribution in [2.75, 3.05) is 0 Å². The smallest absolute Gasteiger partial charge is 0.286 e. The van der Waals surface area contributed by atoms with E-state index in [4.69, 9.17) is 0 Å². The molecule has 78 valence electrons. The maximum atomic E-state index is 10.8. The molecular formula is C7H3I2N3O2S. The van der Waals surface area contributed by atoms with E-state index in [1.54, 1.807) is 22.3 Å². The van der Waals surface area contributed by atoms with Crippen LogP contribution in [0.4, 0.5) is 5.00 Å². The molecule has 0 fully saturated rings. The van der Waals surface area contributed by atoms with Gasteiger partial charge in [0, 0.05) is 0 Å². The Morgan fingerprint density at radius 3 is 2.80 bits per heavy atom. The summed E-state index contributed by atoms with van der Waals surface area (Å²) < 4.78 is 3.44. The van der Waals surface area contributed by atoms with Gasteiger partial charge in [-0.1, -0.05) is 11.3 Å². The fourth-order valence-electron chi connectivity index (χ4n) is 1.09. The molecule has 2 aromatic rings. The summed E-state index contributed by atoms with van der Waals surface area (Å²) in [7, 11) is 0. The summed E-state index contributed by atoms with van der Waals surface area (Å²) in [4.78, 5) is 14.5. The molecular weight excluding hydrogens is 444 g/mol. The standard InChI is InChI=1S/C7H3I2N3O2S/c8-5-6(9)11(3-10-5)4-1-2-15-7(4)12(13)14/h1-3H. The van der Waals surface area contributed by atoms with Gasteiger partial charge in [-0.15, -0.1) is 0 Å². The van der Waals surface area contributed by atoms with Crippen LogP contribution in [0.3, 0.4) is 0 Å².